The van der Waals surface area contributed by atoms with Crippen LogP contribution in [-0.2, 0) is 0 Å². The van der Waals surface area contributed by atoms with Gasteiger partial charge in [-0.2, -0.15) is 16.8 Å². The van der Waals surface area contributed by atoms with Gasteiger partial charge in [0.2, 0.25) is 5.11 Å². The standard InChI is InChI=1S/C22H37N3S2/c1-4-6-7-8-9-10-12-20(21-23-22(26)25-24-21)19(11-5-2)17-13-15-18(27-3)16-14-17/h13,18-20H,4-12,14-16H2,1-3H3. The van der Waals surface area contributed by atoms with E-state index in [0.29, 0.717) is 16.9 Å². The number of azo groups is 1. The maximum Gasteiger partial charge on any atom is 0.241 e. The molecule has 0 fully saturated rings. The van der Waals surface area contributed by atoms with Crippen molar-refractivity contribution >= 4 is 34.9 Å². The van der Waals surface area contributed by atoms with Gasteiger partial charge in [-0.25, -0.2) is 0 Å². The fourth-order valence-corrected chi connectivity index (χ4v) is 5.16. The lowest BCUT2D eigenvalue weighted by molar-refractivity contribution is 0.385. The van der Waals surface area contributed by atoms with Crippen LogP contribution in [0.25, 0.3) is 0 Å². The fourth-order valence-electron chi connectivity index (χ4n) is 4.39. The van der Waals surface area contributed by atoms with Crippen molar-refractivity contribution in [2.75, 3.05) is 6.26 Å². The number of thiocarbonyl (C=S) groups is 1. The third-order valence-electron chi connectivity index (χ3n) is 5.94. The van der Waals surface area contributed by atoms with Crippen molar-refractivity contribution in [3.63, 3.8) is 0 Å². The lowest BCUT2D eigenvalue weighted by atomic mass is 9.75. The molecule has 1 aliphatic carbocycles. The van der Waals surface area contributed by atoms with Gasteiger partial charge >= 0.3 is 0 Å². The summed E-state index contributed by atoms with van der Waals surface area (Å²) >= 11 is 7.18. The second-order valence-corrected chi connectivity index (χ2v) is 9.43. The minimum Gasteiger partial charge on any atom is -0.200 e. The van der Waals surface area contributed by atoms with E-state index in [1.807, 2.05) is 11.8 Å². The quantitative estimate of drug-likeness (QED) is 0.178. The highest BCUT2D eigenvalue weighted by molar-refractivity contribution is 7.99. The van der Waals surface area contributed by atoms with Crippen LogP contribution in [0.1, 0.15) is 90.9 Å². The molecule has 0 bridgehead atoms. The predicted molar refractivity (Wildman–Crippen MR) is 124 cm³/mol. The summed E-state index contributed by atoms with van der Waals surface area (Å²) < 4.78 is 0. The molecule has 0 amide bonds. The Kier molecular flexibility index (Phi) is 10.8. The van der Waals surface area contributed by atoms with Gasteiger partial charge in [-0.05, 0) is 56.5 Å². The van der Waals surface area contributed by atoms with Crippen molar-refractivity contribution in [1.29, 1.82) is 0 Å². The van der Waals surface area contributed by atoms with Crippen molar-refractivity contribution in [2.45, 2.75) is 96.1 Å². The first-order valence-corrected chi connectivity index (χ1v) is 12.6. The molecule has 0 aromatic heterocycles. The van der Waals surface area contributed by atoms with E-state index in [1.54, 1.807) is 5.57 Å². The highest BCUT2D eigenvalue weighted by Crippen LogP contribution is 2.38. The Hall–Kier alpha value is -0.550. The Bertz CT molecular complexity index is 554. The zero-order chi connectivity index (χ0) is 19.5. The second kappa shape index (κ2) is 12.8. The van der Waals surface area contributed by atoms with Gasteiger partial charge in [-0.15, -0.1) is 10.2 Å². The van der Waals surface area contributed by atoms with Crippen LogP contribution in [0.2, 0.25) is 0 Å². The van der Waals surface area contributed by atoms with Gasteiger partial charge < -0.3 is 0 Å². The molecule has 2 rings (SSSR count). The molecular weight excluding hydrogens is 370 g/mol. The molecule has 3 atom stereocenters. The fraction of sp³-hybridized carbons (Fsp3) is 0.818. The highest BCUT2D eigenvalue weighted by atomic mass is 32.2. The Balaban J connectivity index is 2.06. The average Bonchev–Trinajstić information content (AvgIpc) is 3.12. The molecular formula is C22H37N3S2. The van der Waals surface area contributed by atoms with Crippen molar-refractivity contribution in [1.82, 2.24) is 0 Å². The number of nitrogens with zero attached hydrogens (tertiary/aromatic N) is 3. The third-order valence-corrected chi connectivity index (χ3v) is 7.21. The first-order valence-electron chi connectivity index (χ1n) is 11.0. The van der Waals surface area contributed by atoms with E-state index in [2.05, 4.69) is 41.4 Å². The zero-order valence-electron chi connectivity index (χ0n) is 17.5. The first kappa shape index (κ1) is 22.7. The number of thioether (sulfide) groups is 1. The molecule has 0 saturated carbocycles. The van der Waals surface area contributed by atoms with Gasteiger partial charge in [0.1, 0.15) is 0 Å². The number of hydrogen-bond donors (Lipinski definition) is 0. The molecule has 3 unspecified atom stereocenters. The molecule has 1 heterocycles. The van der Waals surface area contributed by atoms with E-state index in [0.717, 1.165) is 11.1 Å². The minimum absolute atomic E-state index is 0.386. The molecule has 0 aromatic rings. The van der Waals surface area contributed by atoms with Crippen LogP contribution in [0, 0.1) is 11.8 Å². The van der Waals surface area contributed by atoms with E-state index in [-0.39, 0.29) is 0 Å². The monoisotopic (exact) mass is 407 g/mol. The van der Waals surface area contributed by atoms with Crippen molar-refractivity contribution < 1.29 is 0 Å². The SMILES string of the molecule is CCCCCCCCC(C1=NC(=S)N=N1)C(CCC)C1=CCC(SC)CC1. The van der Waals surface area contributed by atoms with Gasteiger partial charge in [0.25, 0.3) is 0 Å². The number of amidine groups is 1. The molecule has 2 aliphatic rings. The minimum atomic E-state index is 0.386. The summed E-state index contributed by atoms with van der Waals surface area (Å²) in [5, 5.41) is 9.63. The maximum atomic E-state index is 5.17. The van der Waals surface area contributed by atoms with Gasteiger partial charge in [0.05, 0.1) is 0 Å². The molecule has 0 saturated heterocycles. The van der Waals surface area contributed by atoms with Crippen LogP contribution in [0.3, 0.4) is 0 Å². The second-order valence-electron chi connectivity index (χ2n) is 7.92. The number of unbranched alkanes of at least 4 members (excludes halogenated alkanes) is 5. The molecule has 27 heavy (non-hydrogen) atoms. The van der Waals surface area contributed by atoms with E-state index in [4.69, 9.17) is 12.2 Å². The zero-order valence-corrected chi connectivity index (χ0v) is 19.1. The number of aliphatic imine (C=N–C) groups is 1. The summed E-state index contributed by atoms with van der Waals surface area (Å²) in [7, 11) is 0. The van der Waals surface area contributed by atoms with Gasteiger partial charge in [0, 0.05) is 11.2 Å². The largest absolute Gasteiger partial charge is 0.241 e. The number of hydrogen-bond acceptors (Lipinski definition) is 3. The molecule has 152 valence electrons. The van der Waals surface area contributed by atoms with E-state index in [9.17, 15) is 0 Å². The van der Waals surface area contributed by atoms with Gasteiger partial charge in [-0.3, -0.25) is 0 Å². The number of allylic oxidation sites excluding steroid dienone is 2. The normalized spacial score (nSPS) is 21.9. The molecule has 1 aliphatic heterocycles. The lowest BCUT2D eigenvalue weighted by Gasteiger charge is -2.31. The Labute approximate surface area is 176 Å². The van der Waals surface area contributed by atoms with E-state index in [1.165, 1.54) is 77.0 Å². The molecule has 3 nitrogen and oxygen atoms in total. The van der Waals surface area contributed by atoms with Crippen LogP contribution >= 0.6 is 24.0 Å². The van der Waals surface area contributed by atoms with Crippen LogP contribution in [0.5, 0.6) is 0 Å². The molecule has 5 heteroatoms. The summed E-state index contributed by atoms with van der Waals surface area (Å²) in [6, 6.07) is 0. The summed E-state index contributed by atoms with van der Waals surface area (Å²) in [6.45, 7) is 4.57. The first-order chi connectivity index (χ1) is 13.2. The molecule has 0 aromatic carbocycles. The molecule has 0 N–H and O–H groups in total. The number of rotatable bonds is 13. The lowest BCUT2D eigenvalue weighted by Crippen LogP contribution is -2.26. The Morgan fingerprint density at radius 1 is 1.04 bits per heavy atom. The Morgan fingerprint density at radius 2 is 1.81 bits per heavy atom. The molecule has 0 radical (unpaired) electrons. The topological polar surface area (TPSA) is 37.1 Å². The summed E-state index contributed by atoms with van der Waals surface area (Å²) in [4.78, 5) is 4.53. The average molecular weight is 408 g/mol. The van der Waals surface area contributed by atoms with E-state index < -0.39 is 0 Å². The summed E-state index contributed by atoms with van der Waals surface area (Å²) in [5.74, 6) is 1.85. The summed E-state index contributed by atoms with van der Waals surface area (Å²) in [6.07, 6.45) is 20.1. The smallest absolute Gasteiger partial charge is 0.200 e. The van der Waals surface area contributed by atoms with Crippen molar-refractivity contribution in [2.24, 2.45) is 27.1 Å². The van der Waals surface area contributed by atoms with Crippen LogP contribution < -0.4 is 0 Å². The predicted octanol–water partition coefficient (Wildman–Crippen LogP) is 7.76. The van der Waals surface area contributed by atoms with E-state index >= 15 is 0 Å². The summed E-state index contributed by atoms with van der Waals surface area (Å²) in [5.41, 5.74) is 1.65. The van der Waals surface area contributed by atoms with Gasteiger partial charge in [0.15, 0.2) is 5.84 Å². The Morgan fingerprint density at radius 3 is 2.41 bits per heavy atom. The van der Waals surface area contributed by atoms with Crippen molar-refractivity contribution in [3.05, 3.63) is 11.6 Å². The van der Waals surface area contributed by atoms with Crippen LogP contribution in [0.4, 0.5) is 0 Å². The highest BCUT2D eigenvalue weighted by Gasteiger charge is 2.31. The molecule has 0 spiro atoms. The van der Waals surface area contributed by atoms with Crippen LogP contribution in [0.15, 0.2) is 26.9 Å². The van der Waals surface area contributed by atoms with Gasteiger partial charge in [-0.1, -0.05) is 70.4 Å². The van der Waals surface area contributed by atoms with Crippen LogP contribution in [-0.4, -0.2) is 22.5 Å². The third kappa shape index (κ3) is 7.41. The van der Waals surface area contributed by atoms with Crippen molar-refractivity contribution in [3.8, 4) is 0 Å². The maximum absolute atomic E-state index is 5.17.